The molecule has 0 fully saturated rings. The number of benzene rings is 1. The molecule has 3 N–H and O–H groups in total. The average molecular weight is 257 g/mol. The van der Waals surface area contributed by atoms with Gasteiger partial charge in [0.15, 0.2) is 0 Å². The first-order chi connectivity index (χ1) is 7.93. The van der Waals surface area contributed by atoms with E-state index in [-0.39, 0.29) is 11.3 Å². The molecule has 0 amide bonds. The molecule has 92 valence electrons. The molecule has 1 aromatic carbocycles. The van der Waals surface area contributed by atoms with Gasteiger partial charge in [0.25, 0.3) is 0 Å². The summed E-state index contributed by atoms with van der Waals surface area (Å²) in [7, 11) is 0. The Morgan fingerprint density at radius 2 is 1.88 bits per heavy atom. The number of carboxylic acid groups (broad SMARTS) is 2. The monoisotopic (exact) mass is 257 g/mol. The van der Waals surface area contributed by atoms with E-state index >= 15 is 0 Å². The van der Waals surface area contributed by atoms with Gasteiger partial charge in [0.1, 0.15) is 18.3 Å². The normalized spacial score (nSPS) is 12.4. The van der Waals surface area contributed by atoms with E-state index in [1.165, 1.54) is 18.2 Å². The van der Waals surface area contributed by atoms with E-state index in [4.69, 9.17) is 10.2 Å². The topological polar surface area (TPSA) is 98.1 Å². The van der Waals surface area contributed by atoms with E-state index in [1.807, 2.05) is 0 Å². The average Bonchev–Trinajstić information content (AvgIpc) is 2.19. The van der Waals surface area contributed by atoms with Crippen molar-refractivity contribution in [2.24, 2.45) is 0 Å². The van der Waals surface area contributed by atoms with Crippen LogP contribution < -0.4 is 0 Å². The summed E-state index contributed by atoms with van der Waals surface area (Å²) in [5, 5.41) is 27.2. The summed E-state index contributed by atoms with van der Waals surface area (Å²) in [6, 6.07) is 4.49. The number of nitrogens with zero attached hydrogens (tertiary/aromatic N) is 1. The predicted octanol–water partition coefficient (Wildman–Crippen LogP) is 0.749. The van der Waals surface area contributed by atoms with Gasteiger partial charge in [0, 0.05) is 5.56 Å². The lowest BCUT2D eigenvalue weighted by molar-refractivity contribution is -0.143. The van der Waals surface area contributed by atoms with Gasteiger partial charge in [0.2, 0.25) is 0 Å². The number of phenolic OH excluding ortho intramolecular Hbond substituents is 1. The van der Waals surface area contributed by atoms with Crippen LogP contribution in [-0.2, 0) is 9.59 Å². The Hall–Kier alpha value is -1.73. The van der Waals surface area contributed by atoms with Crippen LogP contribution in [0.25, 0.3) is 0 Å². The Morgan fingerprint density at radius 1 is 1.29 bits per heavy atom. The molecule has 1 aromatic rings. The lowest BCUT2D eigenvalue weighted by Crippen LogP contribution is -2.31. The maximum atomic E-state index is 11.1. The van der Waals surface area contributed by atoms with Gasteiger partial charge in [-0.05, 0) is 6.07 Å². The van der Waals surface area contributed by atoms with Gasteiger partial charge >= 0.3 is 11.9 Å². The molecule has 6 nitrogen and oxygen atoms in total. The molecule has 1 unspecified atom stereocenters. The number of aliphatic carboxylic acids is 2. The van der Waals surface area contributed by atoms with Crippen molar-refractivity contribution in [1.29, 1.82) is 0 Å². The van der Waals surface area contributed by atoms with Gasteiger partial charge in [-0.25, -0.2) is 4.31 Å². The zero-order valence-electron chi connectivity index (χ0n) is 8.65. The highest BCUT2D eigenvalue weighted by atomic mass is 32.1. The molecule has 1 rings (SSSR count). The van der Waals surface area contributed by atoms with Crippen molar-refractivity contribution in [1.82, 2.24) is 4.31 Å². The summed E-state index contributed by atoms with van der Waals surface area (Å²) in [4.78, 5) is 21.6. The Balaban J connectivity index is 3.06. The lowest BCUT2D eigenvalue weighted by Gasteiger charge is -2.22. The van der Waals surface area contributed by atoms with Crippen LogP contribution in [0.2, 0.25) is 0 Å². The van der Waals surface area contributed by atoms with Crippen LogP contribution in [0.5, 0.6) is 5.75 Å². The summed E-state index contributed by atoms with van der Waals surface area (Å²) in [5.41, 5.74) is 0.0938. The molecule has 0 aliphatic heterocycles. The maximum absolute atomic E-state index is 11.1. The highest BCUT2D eigenvalue weighted by Gasteiger charge is 2.29. The van der Waals surface area contributed by atoms with E-state index in [2.05, 4.69) is 12.8 Å². The standard InChI is InChI=1S/C10H11NO5S/c12-7-4-2-1-3-6(7)9(10(15)16)11(17)5-8(13)14/h1-4,9,12,17H,5H2,(H,13,14)(H,15,16). The van der Waals surface area contributed by atoms with E-state index in [1.54, 1.807) is 6.07 Å². The largest absolute Gasteiger partial charge is 0.508 e. The van der Waals surface area contributed by atoms with Gasteiger partial charge < -0.3 is 15.3 Å². The summed E-state index contributed by atoms with van der Waals surface area (Å²) < 4.78 is 0.833. The van der Waals surface area contributed by atoms with Gasteiger partial charge in [-0.2, -0.15) is 0 Å². The highest BCUT2D eigenvalue weighted by Crippen LogP contribution is 2.29. The molecule has 17 heavy (non-hydrogen) atoms. The van der Waals surface area contributed by atoms with Gasteiger partial charge in [-0.15, -0.1) is 0 Å². The number of carbonyl (C=O) groups is 2. The number of rotatable bonds is 5. The zero-order valence-corrected chi connectivity index (χ0v) is 9.54. The lowest BCUT2D eigenvalue weighted by atomic mass is 10.1. The van der Waals surface area contributed by atoms with E-state index in [0.29, 0.717) is 0 Å². The van der Waals surface area contributed by atoms with E-state index in [0.717, 1.165) is 4.31 Å². The first-order valence-electron chi connectivity index (χ1n) is 4.61. The number of hydrogen-bond donors (Lipinski definition) is 4. The second-order valence-electron chi connectivity index (χ2n) is 3.29. The number of aromatic hydroxyl groups is 1. The van der Waals surface area contributed by atoms with Crippen LogP contribution in [0.15, 0.2) is 24.3 Å². The van der Waals surface area contributed by atoms with Gasteiger partial charge in [-0.1, -0.05) is 31.0 Å². The van der Waals surface area contributed by atoms with Crippen molar-refractivity contribution < 1.29 is 24.9 Å². The minimum absolute atomic E-state index is 0.0938. The Morgan fingerprint density at radius 3 is 2.35 bits per heavy atom. The third-order valence-corrected chi connectivity index (χ3v) is 2.43. The Labute approximate surface area is 103 Å². The van der Waals surface area contributed by atoms with Crippen LogP contribution in [-0.4, -0.2) is 38.1 Å². The summed E-state index contributed by atoms with van der Waals surface area (Å²) in [5.74, 6) is -2.71. The Bertz CT molecular complexity index is 436. The third kappa shape index (κ3) is 3.36. The molecule has 0 saturated carbocycles. The van der Waals surface area contributed by atoms with E-state index < -0.39 is 24.5 Å². The zero-order chi connectivity index (χ0) is 13.0. The molecule has 0 heterocycles. The van der Waals surface area contributed by atoms with Crippen LogP contribution in [0, 0.1) is 0 Å². The fourth-order valence-electron chi connectivity index (χ4n) is 1.37. The second-order valence-corrected chi connectivity index (χ2v) is 3.80. The Kier molecular flexibility index (Phi) is 4.36. The molecule has 0 aliphatic carbocycles. The minimum Gasteiger partial charge on any atom is -0.508 e. The first kappa shape index (κ1) is 13.3. The van der Waals surface area contributed by atoms with Crippen molar-refractivity contribution in [2.45, 2.75) is 6.04 Å². The second kappa shape index (κ2) is 5.55. The van der Waals surface area contributed by atoms with Crippen molar-refractivity contribution >= 4 is 24.8 Å². The number of phenols is 1. The smallest absolute Gasteiger partial charge is 0.326 e. The SMILES string of the molecule is O=C(O)CN(S)C(C(=O)O)c1ccccc1O. The number of hydrogen-bond acceptors (Lipinski definition) is 5. The molecular weight excluding hydrogens is 246 g/mol. The van der Waals surface area contributed by atoms with Crippen LogP contribution in [0.3, 0.4) is 0 Å². The number of carboxylic acids is 2. The van der Waals surface area contributed by atoms with Crippen molar-refractivity contribution in [3.8, 4) is 5.75 Å². The quantitative estimate of drug-likeness (QED) is 0.581. The molecular formula is C10H11NO5S. The molecule has 0 aliphatic rings. The van der Waals surface area contributed by atoms with Crippen molar-refractivity contribution in [2.75, 3.05) is 6.54 Å². The summed E-state index contributed by atoms with van der Waals surface area (Å²) in [6.07, 6.45) is 0. The molecule has 0 spiro atoms. The van der Waals surface area contributed by atoms with Crippen LogP contribution >= 0.6 is 12.8 Å². The van der Waals surface area contributed by atoms with Crippen LogP contribution in [0.1, 0.15) is 11.6 Å². The minimum atomic E-state index is -1.32. The molecule has 1 atom stereocenters. The number of para-hydroxylation sites is 1. The van der Waals surface area contributed by atoms with Crippen LogP contribution in [0.4, 0.5) is 0 Å². The summed E-state index contributed by atoms with van der Waals surface area (Å²) in [6.45, 7) is -0.561. The van der Waals surface area contributed by atoms with E-state index in [9.17, 15) is 14.7 Å². The predicted molar refractivity (Wildman–Crippen MR) is 61.8 cm³/mol. The molecule has 7 heteroatoms. The van der Waals surface area contributed by atoms with Crippen molar-refractivity contribution in [3.05, 3.63) is 29.8 Å². The highest BCUT2D eigenvalue weighted by molar-refractivity contribution is 7.77. The molecule has 0 radical (unpaired) electrons. The third-order valence-electron chi connectivity index (χ3n) is 2.06. The molecule has 0 saturated heterocycles. The summed E-state index contributed by atoms with van der Waals surface area (Å²) >= 11 is 3.82. The van der Waals surface area contributed by atoms with Gasteiger partial charge in [-0.3, -0.25) is 9.59 Å². The van der Waals surface area contributed by atoms with Gasteiger partial charge in [0.05, 0.1) is 0 Å². The fraction of sp³-hybridized carbons (Fsp3) is 0.200. The fourth-order valence-corrected chi connectivity index (χ4v) is 1.71. The molecule has 0 bridgehead atoms. The number of thiol groups is 1. The van der Waals surface area contributed by atoms with Crippen molar-refractivity contribution in [3.63, 3.8) is 0 Å². The molecule has 0 aromatic heterocycles. The first-order valence-corrected chi connectivity index (χ1v) is 5.01. The maximum Gasteiger partial charge on any atom is 0.326 e.